The van der Waals surface area contributed by atoms with Gasteiger partial charge in [-0.2, -0.15) is 0 Å². The van der Waals surface area contributed by atoms with Crippen LogP contribution in [0.25, 0.3) is 0 Å². The molecule has 0 spiro atoms. The van der Waals surface area contributed by atoms with E-state index in [1.54, 1.807) is 0 Å². The molecule has 1 aromatic rings. The van der Waals surface area contributed by atoms with E-state index in [-0.39, 0.29) is 11.3 Å². The van der Waals surface area contributed by atoms with Gasteiger partial charge in [0.05, 0.1) is 19.8 Å². The van der Waals surface area contributed by atoms with Crippen LogP contribution in [0.2, 0.25) is 0 Å². The molecule has 0 aliphatic rings. The molecular formula is C13H19F2NO2. The Morgan fingerprint density at radius 1 is 1.11 bits per heavy atom. The fraction of sp³-hybridized carbons (Fsp3) is 0.538. The molecule has 2 N–H and O–H groups in total. The zero-order valence-corrected chi connectivity index (χ0v) is 10.7. The summed E-state index contributed by atoms with van der Waals surface area (Å²) in [6.07, 6.45) is -0.176. The van der Waals surface area contributed by atoms with Gasteiger partial charge in [-0.25, -0.2) is 8.78 Å². The van der Waals surface area contributed by atoms with Crippen molar-refractivity contribution >= 4 is 0 Å². The number of benzene rings is 1. The third kappa shape index (κ3) is 3.57. The van der Waals surface area contributed by atoms with Crippen LogP contribution in [0.3, 0.4) is 0 Å². The molecule has 0 unspecified atom stereocenters. The Balaban J connectivity index is 3.03. The molecule has 1 aromatic carbocycles. The van der Waals surface area contributed by atoms with Gasteiger partial charge in [0, 0.05) is 6.07 Å². The van der Waals surface area contributed by atoms with Crippen molar-refractivity contribution in [3.05, 3.63) is 23.3 Å². The van der Waals surface area contributed by atoms with E-state index in [9.17, 15) is 8.78 Å². The number of alkyl halides is 2. The summed E-state index contributed by atoms with van der Waals surface area (Å²) in [6.45, 7) is 0.597. The maximum Gasteiger partial charge on any atom is 0.267 e. The van der Waals surface area contributed by atoms with Gasteiger partial charge in [0.2, 0.25) is 0 Å². The molecule has 5 heteroatoms. The van der Waals surface area contributed by atoms with Gasteiger partial charge in [-0.05, 0) is 37.4 Å². The molecule has 0 bridgehead atoms. The average Bonchev–Trinajstić information content (AvgIpc) is 2.38. The SMILES string of the molecule is COc1cc(OC)c(C(F)F)cc1CCCCN. The maximum atomic E-state index is 12.9. The number of hydrogen-bond donors (Lipinski definition) is 1. The molecule has 102 valence electrons. The molecule has 1 rings (SSSR count). The summed E-state index contributed by atoms with van der Waals surface area (Å²) in [5.41, 5.74) is 6.09. The van der Waals surface area contributed by atoms with Crippen molar-refractivity contribution in [3.63, 3.8) is 0 Å². The predicted octanol–water partition coefficient (Wildman–Crippen LogP) is 2.92. The predicted molar refractivity (Wildman–Crippen MR) is 66.5 cm³/mol. The Morgan fingerprint density at radius 3 is 2.28 bits per heavy atom. The molecule has 0 aromatic heterocycles. The van der Waals surface area contributed by atoms with Crippen LogP contribution in [0.1, 0.15) is 30.4 Å². The number of nitrogens with two attached hydrogens (primary N) is 1. The highest BCUT2D eigenvalue weighted by atomic mass is 19.3. The number of aryl methyl sites for hydroxylation is 1. The fourth-order valence-corrected chi connectivity index (χ4v) is 1.82. The van der Waals surface area contributed by atoms with Gasteiger partial charge in [-0.1, -0.05) is 0 Å². The third-order valence-electron chi connectivity index (χ3n) is 2.77. The molecule has 0 saturated carbocycles. The fourth-order valence-electron chi connectivity index (χ4n) is 1.82. The van der Waals surface area contributed by atoms with E-state index in [4.69, 9.17) is 15.2 Å². The van der Waals surface area contributed by atoms with Crippen molar-refractivity contribution in [2.45, 2.75) is 25.7 Å². The molecule has 0 atom stereocenters. The normalized spacial score (nSPS) is 10.8. The first-order chi connectivity index (χ1) is 8.63. The summed E-state index contributed by atoms with van der Waals surface area (Å²) in [4.78, 5) is 0. The highest BCUT2D eigenvalue weighted by Gasteiger charge is 2.17. The van der Waals surface area contributed by atoms with E-state index in [0.717, 1.165) is 18.4 Å². The van der Waals surface area contributed by atoms with Gasteiger partial charge in [-0.3, -0.25) is 0 Å². The molecule has 18 heavy (non-hydrogen) atoms. The van der Waals surface area contributed by atoms with Crippen LogP contribution in [-0.4, -0.2) is 20.8 Å². The average molecular weight is 259 g/mol. The number of rotatable bonds is 7. The van der Waals surface area contributed by atoms with E-state index in [0.29, 0.717) is 18.7 Å². The lowest BCUT2D eigenvalue weighted by molar-refractivity contribution is 0.147. The van der Waals surface area contributed by atoms with E-state index in [1.807, 2.05) is 0 Å². The Morgan fingerprint density at radius 2 is 1.78 bits per heavy atom. The Bertz CT molecular complexity index is 383. The summed E-state index contributed by atoms with van der Waals surface area (Å²) < 4.78 is 35.9. The largest absolute Gasteiger partial charge is 0.496 e. The van der Waals surface area contributed by atoms with E-state index in [2.05, 4.69) is 0 Å². The van der Waals surface area contributed by atoms with Gasteiger partial charge >= 0.3 is 0 Å². The number of methoxy groups -OCH3 is 2. The lowest BCUT2D eigenvalue weighted by Gasteiger charge is -2.14. The Kier molecular flexibility index (Phi) is 5.85. The van der Waals surface area contributed by atoms with Crippen LogP contribution >= 0.6 is 0 Å². The van der Waals surface area contributed by atoms with Crippen molar-refractivity contribution < 1.29 is 18.3 Å². The van der Waals surface area contributed by atoms with Gasteiger partial charge in [0.15, 0.2) is 0 Å². The minimum Gasteiger partial charge on any atom is -0.496 e. The summed E-state index contributed by atoms with van der Waals surface area (Å²) in [6, 6.07) is 2.97. The number of halogens is 2. The van der Waals surface area contributed by atoms with Gasteiger partial charge in [0.25, 0.3) is 6.43 Å². The summed E-state index contributed by atoms with van der Waals surface area (Å²) in [5.74, 6) is 0.734. The van der Waals surface area contributed by atoms with Crippen molar-refractivity contribution in [2.75, 3.05) is 20.8 Å². The molecular weight excluding hydrogens is 240 g/mol. The summed E-state index contributed by atoms with van der Waals surface area (Å²) in [5, 5.41) is 0. The smallest absolute Gasteiger partial charge is 0.267 e. The second kappa shape index (κ2) is 7.16. The highest BCUT2D eigenvalue weighted by molar-refractivity contribution is 5.47. The van der Waals surface area contributed by atoms with Crippen LogP contribution in [0.4, 0.5) is 8.78 Å². The molecule has 3 nitrogen and oxygen atoms in total. The summed E-state index contributed by atoms with van der Waals surface area (Å²) >= 11 is 0. The minimum absolute atomic E-state index is 0.0963. The van der Waals surface area contributed by atoms with E-state index in [1.165, 1.54) is 26.4 Å². The van der Waals surface area contributed by atoms with Crippen LogP contribution < -0.4 is 15.2 Å². The van der Waals surface area contributed by atoms with Crippen molar-refractivity contribution in [1.82, 2.24) is 0 Å². The van der Waals surface area contributed by atoms with E-state index >= 15 is 0 Å². The molecule has 0 aliphatic carbocycles. The third-order valence-corrected chi connectivity index (χ3v) is 2.77. The molecule has 0 aliphatic heterocycles. The zero-order chi connectivity index (χ0) is 13.5. The topological polar surface area (TPSA) is 44.5 Å². The van der Waals surface area contributed by atoms with Crippen molar-refractivity contribution in [1.29, 1.82) is 0 Å². The quantitative estimate of drug-likeness (QED) is 0.766. The van der Waals surface area contributed by atoms with Crippen LogP contribution in [0.15, 0.2) is 12.1 Å². The first-order valence-corrected chi connectivity index (χ1v) is 5.87. The lowest BCUT2D eigenvalue weighted by Crippen LogP contribution is -2.02. The van der Waals surface area contributed by atoms with E-state index < -0.39 is 6.43 Å². The van der Waals surface area contributed by atoms with Crippen molar-refractivity contribution in [3.8, 4) is 11.5 Å². The Hall–Kier alpha value is -1.36. The lowest BCUT2D eigenvalue weighted by atomic mass is 10.0. The highest BCUT2D eigenvalue weighted by Crippen LogP contribution is 2.35. The molecule has 0 heterocycles. The maximum absolute atomic E-state index is 12.9. The monoisotopic (exact) mass is 259 g/mol. The van der Waals surface area contributed by atoms with Gasteiger partial charge in [-0.15, -0.1) is 0 Å². The van der Waals surface area contributed by atoms with Crippen LogP contribution in [0.5, 0.6) is 11.5 Å². The summed E-state index contributed by atoms with van der Waals surface area (Å²) in [7, 11) is 2.89. The molecule has 0 saturated heterocycles. The van der Waals surface area contributed by atoms with Crippen LogP contribution in [0, 0.1) is 0 Å². The molecule has 0 amide bonds. The molecule has 0 radical (unpaired) electrons. The second-order valence-corrected chi connectivity index (χ2v) is 3.95. The Labute approximate surface area is 106 Å². The number of unbranched alkanes of at least 4 members (excludes halogenated alkanes) is 1. The van der Waals surface area contributed by atoms with Gasteiger partial charge in [0.1, 0.15) is 11.5 Å². The van der Waals surface area contributed by atoms with Crippen LogP contribution in [-0.2, 0) is 6.42 Å². The second-order valence-electron chi connectivity index (χ2n) is 3.95. The minimum atomic E-state index is -2.56. The van der Waals surface area contributed by atoms with Crippen molar-refractivity contribution in [2.24, 2.45) is 5.73 Å². The standard InChI is InChI=1S/C13H19F2NO2/c1-17-11-8-12(18-2)10(13(14)15)7-9(11)5-3-4-6-16/h7-8,13H,3-6,16H2,1-2H3. The molecule has 0 fully saturated rings. The first kappa shape index (κ1) is 14.7. The zero-order valence-electron chi connectivity index (χ0n) is 10.7. The number of hydrogen-bond acceptors (Lipinski definition) is 3. The first-order valence-electron chi connectivity index (χ1n) is 5.87. The van der Waals surface area contributed by atoms with Gasteiger partial charge < -0.3 is 15.2 Å². The number of ether oxygens (including phenoxy) is 2.